The third-order valence-electron chi connectivity index (χ3n) is 5.19. The molecule has 4 nitrogen and oxygen atoms in total. The molecule has 0 spiro atoms. The van der Waals surface area contributed by atoms with Crippen LogP contribution in [0.15, 0.2) is 42.5 Å². The molecule has 0 heterocycles. The summed E-state index contributed by atoms with van der Waals surface area (Å²) in [5.74, 6) is -0.973. The molecule has 8 heteroatoms. The van der Waals surface area contributed by atoms with Crippen LogP contribution in [0.25, 0.3) is 0 Å². The first kappa shape index (κ1) is 26.1. The molecule has 32 heavy (non-hydrogen) atoms. The number of halogens is 3. The van der Waals surface area contributed by atoms with Crippen molar-refractivity contribution >= 4 is 35.2 Å². The Balaban J connectivity index is 2.16. The van der Waals surface area contributed by atoms with Crippen LogP contribution in [0.5, 0.6) is 0 Å². The zero-order chi connectivity index (χ0) is 23.7. The van der Waals surface area contributed by atoms with E-state index in [9.17, 15) is 18.4 Å². The Hall–Kier alpha value is -2.12. The minimum Gasteiger partial charge on any atom is -0.352 e. The van der Waals surface area contributed by atoms with E-state index in [0.717, 1.165) is 12.0 Å². The van der Waals surface area contributed by atoms with Crippen LogP contribution in [0.2, 0.25) is 5.02 Å². The lowest BCUT2D eigenvalue weighted by Gasteiger charge is -2.31. The van der Waals surface area contributed by atoms with Crippen molar-refractivity contribution in [2.24, 2.45) is 0 Å². The van der Waals surface area contributed by atoms with Gasteiger partial charge in [0.05, 0.1) is 5.75 Å². The average molecular weight is 483 g/mol. The number of nitrogens with one attached hydrogen (secondary N) is 1. The van der Waals surface area contributed by atoms with E-state index in [4.69, 9.17) is 11.6 Å². The van der Waals surface area contributed by atoms with Gasteiger partial charge in [0.1, 0.15) is 17.7 Å². The summed E-state index contributed by atoms with van der Waals surface area (Å²) in [5, 5.41) is 3.25. The zero-order valence-electron chi connectivity index (χ0n) is 18.5. The van der Waals surface area contributed by atoms with Crippen molar-refractivity contribution in [1.82, 2.24) is 10.2 Å². The summed E-state index contributed by atoms with van der Waals surface area (Å²) in [4.78, 5) is 27.6. The van der Waals surface area contributed by atoms with Crippen LogP contribution >= 0.6 is 23.4 Å². The van der Waals surface area contributed by atoms with Gasteiger partial charge in [-0.15, -0.1) is 11.8 Å². The molecule has 2 amide bonds. The van der Waals surface area contributed by atoms with E-state index < -0.39 is 11.9 Å². The van der Waals surface area contributed by atoms with Crippen LogP contribution in [0, 0.1) is 11.6 Å². The highest BCUT2D eigenvalue weighted by Gasteiger charge is 2.29. The minimum absolute atomic E-state index is 0.0168. The minimum atomic E-state index is -0.667. The molecule has 2 aromatic rings. The van der Waals surface area contributed by atoms with E-state index in [0.29, 0.717) is 17.0 Å². The van der Waals surface area contributed by atoms with Crippen LogP contribution in [0.3, 0.4) is 0 Å². The van der Waals surface area contributed by atoms with Crippen LogP contribution in [-0.4, -0.2) is 34.6 Å². The van der Waals surface area contributed by atoms with Crippen LogP contribution in [0.4, 0.5) is 8.78 Å². The number of benzene rings is 2. The van der Waals surface area contributed by atoms with Gasteiger partial charge in [-0.2, -0.15) is 0 Å². The van der Waals surface area contributed by atoms with Crippen LogP contribution in [0.1, 0.15) is 44.7 Å². The van der Waals surface area contributed by atoms with Crippen molar-refractivity contribution < 1.29 is 18.4 Å². The van der Waals surface area contributed by atoms with Gasteiger partial charge in [-0.1, -0.05) is 43.6 Å². The molecule has 2 rings (SSSR count). The highest BCUT2D eigenvalue weighted by molar-refractivity contribution is 7.99. The fraction of sp³-hybridized carbons (Fsp3) is 0.417. The number of carbonyl (C=O) groups is 2. The first-order valence-electron chi connectivity index (χ1n) is 10.6. The molecule has 0 aromatic heterocycles. The van der Waals surface area contributed by atoms with Crippen molar-refractivity contribution in [3.05, 3.63) is 70.2 Å². The summed E-state index contributed by atoms with van der Waals surface area (Å²) in [6, 6.07) is 9.63. The molecule has 2 atom stereocenters. The number of amides is 2. The first-order chi connectivity index (χ1) is 15.3. The standard InChI is InChI=1S/C24H29ClF2N2O2S/c1-4-16(3)28-24(31)22(5-2)29(13-17-9-11-18(26)12-10-17)23(30)15-32-14-19-20(25)7-6-8-21(19)27/h6-12,16,22H,4-5,13-15H2,1-3H3,(H,28,31)/t16-,22+/m1/s1. The number of thioether (sulfide) groups is 1. The Morgan fingerprint density at radius 1 is 1.09 bits per heavy atom. The van der Waals surface area contributed by atoms with Crippen molar-refractivity contribution in [2.45, 2.75) is 58.0 Å². The average Bonchev–Trinajstić information content (AvgIpc) is 2.76. The maximum Gasteiger partial charge on any atom is 0.243 e. The summed E-state index contributed by atoms with van der Waals surface area (Å²) in [6.45, 7) is 5.90. The van der Waals surface area contributed by atoms with Crippen molar-refractivity contribution in [1.29, 1.82) is 0 Å². The molecule has 0 unspecified atom stereocenters. The van der Waals surface area contributed by atoms with Gasteiger partial charge >= 0.3 is 0 Å². The molecular weight excluding hydrogens is 454 g/mol. The Morgan fingerprint density at radius 2 is 1.78 bits per heavy atom. The van der Waals surface area contributed by atoms with Gasteiger partial charge in [0.25, 0.3) is 0 Å². The van der Waals surface area contributed by atoms with Crippen LogP contribution in [-0.2, 0) is 21.9 Å². The maximum absolute atomic E-state index is 14.0. The van der Waals surface area contributed by atoms with Gasteiger partial charge in [-0.25, -0.2) is 8.78 Å². The van der Waals surface area contributed by atoms with Crippen molar-refractivity contribution in [3.63, 3.8) is 0 Å². The zero-order valence-corrected chi connectivity index (χ0v) is 20.1. The highest BCUT2D eigenvalue weighted by atomic mass is 35.5. The van der Waals surface area contributed by atoms with E-state index in [1.165, 1.54) is 40.9 Å². The molecule has 0 fully saturated rings. The van der Waals surface area contributed by atoms with Crippen molar-refractivity contribution in [2.75, 3.05) is 5.75 Å². The summed E-state index contributed by atoms with van der Waals surface area (Å²) in [6.07, 6.45) is 1.20. The molecule has 1 N–H and O–H groups in total. The molecule has 0 aliphatic rings. The fourth-order valence-corrected chi connectivity index (χ4v) is 4.39. The summed E-state index contributed by atoms with van der Waals surface area (Å²) >= 11 is 7.31. The third kappa shape index (κ3) is 7.48. The maximum atomic E-state index is 14.0. The molecule has 0 aliphatic carbocycles. The van der Waals surface area contributed by atoms with Gasteiger partial charge in [-0.3, -0.25) is 9.59 Å². The Kier molecular flexibility index (Phi) is 10.5. The lowest BCUT2D eigenvalue weighted by atomic mass is 10.1. The lowest BCUT2D eigenvalue weighted by molar-refractivity contribution is -0.139. The quantitative estimate of drug-likeness (QED) is 0.455. The topological polar surface area (TPSA) is 49.4 Å². The summed E-state index contributed by atoms with van der Waals surface area (Å²) in [5.41, 5.74) is 1.07. The predicted octanol–water partition coefficient (Wildman–Crippen LogP) is 5.57. The first-order valence-corrected chi connectivity index (χ1v) is 12.1. The largest absolute Gasteiger partial charge is 0.352 e. The number of nitrogens with zero attached hydrogens (tertiary/aromatic N) is 1. The molecule has 0 saturated heterocycles. The van der Waals surface area contributed by atoms with E-state index in [1.54, 1.807) is 18.2 Å². The smallest absolute Gasteiger partial charge is 0.243 e. The number of rotatable bonds is 11. The normalized spacial score (nSPS) is 12.8. The second-order valence-corrected chi connectivity index (χ2v) is 8.98. The molecule has 0 saturated carbocycles. The molecular formula is C24H29ClF2N2O2S. The van der Waals surface area contributed by atoms with Gasteiger partial charge in [-0.05, 0) is 49.6 Å². The van der Waals surface area contributed by atoms with Crippen molar-refractivity contribution in [3.8, 4) is 0 Å². The number of carbonyl (C=O) groups excluding carboxylic acids is 2. The Bertz CT molecular complexity index is 891. The van der Waals surface area contributed by atoms with Gasteiger partial charge in [0.15, 0.2) is 0 Å². The number of hydrogen-bond acceptors (Lipinski definition) is 3. The van der Waals surface area contributed by atoms with Crippen LogP contribution < -0.4 is 5.32 Å². The fourth-order valence-electron chi connectivity index (χ4n) is 3.14. The van der Waals surface area contributed by atoms with Gasteiger partial charge in [0.2, 0.25) is 11.8 Å². The third-order valence-corrected chi connectivity index (χ3v) is 6.48. The molecule has 174 valence electrons. The Morgan fingerprint density at radius 3 is 2.38 bits per heavy atom. The second kappa shape index (κ2) is 12.8. The van der Waals surface area contributed by atoms with Gasteiger partial charge in [0, 0.05) is 28.9 Å². The summed E-state index contributed by atoms with van der Waals surface area (Å²) < 4.78 is 27.3. The SMILES string of the molecule is CC[C@@H](C)NC(=O)[C@H](CC)N(Cc1ccc(F)cc1)C(=O)CSCc1c(F)cccc1Cl. The van der Waals surface area contributed by atoms with E-state index in [2.05, 4.69) is 5.32 Å². The Labute approximate surface area is 197 Å². The number of hydrogen-bond donors (Lipinski definition) is 1. The van der Waals surface area contributed by atoms with E-state index in [-0.39, 0.29) is 41.7 Å². The predicted molar refractivity (Wildman–Crippen MR) is 126 cm³/mol. The van der Waals surface area contributed by atoms with E-state index >= 15 is 0 Å². The lowest BCUT2D eigenvalue weighted by Crippen LogP contribution is -2.51. The molecule has 0 radical (unpaired) electrons. The molecule has 2 aromatic carbocycles. The highest BCUT2D eigenvalue weighted by Crippen LogP contribution is 2.24. The summed E-state index contributed by atoms with van der Waals surface area (Å²) in [7, 11) is 0. The van der Waals surface area contributed by atoms with Gasteiger partial charge < -0.3 is 10.2 Å². The second-order valence-electron chi connectivity index (χ2n) is 7.58. The monoisotopic (exact) mass is 482 g/mol. The van der Waals surface area contributed by atoms with E-state index in [1.807, 2.05) is 20.8 Å². The molecule has 0 aliphatic heterocycles. The molecule has 0 bridgehead atoms.